The lowest BCUT2D eigenvalue weighted by atomic mass is 10.2. The van der Waals surface area contributed by atoms with E-state index in [-0.39, 0.29) is 18.2 Å². The number of hydrogen-bond donors (Lipinski definition) is 1. The highest BCUT2D eigenvalue weighted by atomic mass is 79.9. The number of benzene rings is 2. The molecule has 0 spiro atoms. The van der Waals surface area contributed by atoms with Gasteiger partial charge in [0.15, 0.2) is 5.17 Å². The van der Waals surface area contributed by atoms with Gasteiger partial charge in [-0.25, -0.2) is 4.99 Å². The van der Waals surface area contributed by atoms with Gasteiger partial charge in [0.25, 0.3) is 0 Å². The molecule has 28 heavy (non-hydrogen) atoms. The molecule has 1 unspecified atom stereocenters. The maximum absolute atomic E-state index is 12.7. The van der Waals surface area contributed by atoms with Gasteiger partial charge >= 0.3 is 0 Å². The molecular weight excluding hydrogens is 462 g/mol. The van der Waals surface area contributed by atoms with Gasteiger partial charge in [0.1, 0.15) is 5.25 Å². The SMILES string of the molecule is CCN1C(=O)CC(C(=O)Nc2ccc(Br)cc2)SC1=Nc1ccc(C)c(Cl)c1. The van der Waals surface area contributed by atoms with Crippen LogP contribution in [-0.2, 0) is 9.59 Å². The molecular formula is C20H19BrClN3O2S. The maximum atomic E-state index is 12.7. The minimum absolute atomic E-state index is 0.117. The molecule has 8 heteroatoms. The Morgan fingerprint density at radius 3 is 2.68 bits per heavy atom. The van der Waals surface area contributed by atoms with Crippen LogP contribution in [0.2, 0.25) is 5.02 Å². The van der Waals surface area contributed by atoms with E-state index in [0.717, 1.165) is 10.0 Å². The number of nitrogens with one attached hydrogen (secondary N) is 1. The van der Waals surface area contributed by atoms with E-state index in [1.165, 1.54) is 11.8 Å². The first-order valence-electron chi connectivity index (χ1n) is 8.75. The van der Waals surface area contributed by atoms with Crippen LogP contribution in [0.3, 0.4) is 0 Å². The fourth-order valence-corrected chi connectivity index (χ4v) is 4.27. The number of thioether (sulfide) groups is 1. The molecule has 1 fully saturated rings. The number of aliphatic imine (C=N–C) groups is 1. The maximum Gasteiger partial charge on any atom is 0.238 e. The van der Waals surface area contributed by atoms with E-state index in [1.54, 1.807) is 23.1 Å². The summed E-state index contributed by atoms with van der Waals surface area (Å²) < 4.78 is 0.928. The molecule has 1 saturated heterocycles. The van der Waals surface area contributed by atoms with E-state index in [9.17, 15) is 9.59 Å². The third-order valence-electron chi connectivity index (χ3n) is 4.24. The highest BCUT2D eigenvalue weighted by Crippen LogP contribution is 2.31. The molecule has 0 saturated carbocycles. The summed E-state index contributed by atoms with van der Waals surface area (Å²) in [6, 6.07) is 12.8. The summed E-state index contributed by atoms with van der Waals surface area (Å²) in [4.78, 5) is 31.5. The van der Waals surface area contributed by atoms with Crippen molar-refractivity contribution in [1.29, 1.82) is 0 Å². The average Bonchev–Trinajstić information content (AvgIpc) is 2.66. The minimum atomic E-state index is -0.543. The molecule has 0 radical (unpaired) electrons. The van der Waals surface area contributed by atoms with Crippen LogP contribution in [0.25, 0.3) is 0 Å². The van der Waals surface area contributed by atoms with Gasteiger partial charge in [0.05, 0.1) is 5.69 Å². The zero-order chi connectivity index (χ0) is 20.3. The Hall–Kier alpha value is -1.83. The number of carbonyl (C=O) groups excluding carboxylic acids is 2. The molecule has 0 aromatic heterocycles. The summed E-state index contributed by atoms with van der Waals surface area (Å²) in [7, 11) is 0. The molecule has 0 aliphatic carbocycles. The first-order chi connectivity index (χ1) is 13.4. The van der Waals surface area contributed by atoms with Crippen molar-refractivity contribution >= 4 is 67.6 Å². The van der Waals surface area contributed by atoms with Crippen LogP contribution in [0.5, 0.6) is 0 Å². The summed E-state index contributed by atoms with van der Waals surface area (Å²) in [6.45, 7) is 4.29. The lowest BCUT2D eigenvalue weighted by molar-refractivity contribution is -0.129. The van der Waals surface area contributed by atoms with Gasteiger partial charge in [-0.1, -0.05) is 45.4 Å². The molecule has 146 valence electrons. The summed E-state index contributed by atoms with van der Waals surface area (Å²) in [5, 5.41) is 3.44. The Morgan fingerprint density at radius 1 is 1.32 bits per heavy atom. The van der Waals surface area contributed by atoms with E-state index in [0.29, 0.717) is 28.1 Å². The van der Waals surface area contributed by atoms with E-state index in [4.69, 9.17) is 11.6 Å². The quantitative estimate of drug-likeness (QED) is 0.638. The first-order valence-corrected chi connectivity index (χ1v) is 10.8. The van der Waals surface area contributed by atoms with Crippen molar-refractivity contribution in [2.24, 2.45) is 4.99 Å². The largest absolute Gasteiger partial charge is 0.325 e. The van der Waals surface area contributed by atoms with E-state index in [2.05, 4.69) is 26.2 Å². The van der Waals surface area contributed by atoms with E-state index >= 15 is 0 Å². The zero-order valence-corrected chi connectivity index (χ0v) is 18.6. The minimum Gasteiger partial charge on any atom is -0.325 e. The number of rotatable bonds is 4. The Labute approximate surface area is 181 Å². The average molecular weight is 481 g/mol. The van der Waals surface area contributed by atoms with Crippen LogP contribution in [0.15, 0.2) is 51.9 Å². The van der Waals surface area contributed by atoms with E-state index in [1.807, 2.05) is 38.1 Å². The lowest BCUT2D eigenvalue weighted by Crippen LogP contribution is -2.45. The van der Waals surface area contributed by atoms with Crippen LogP contribution < -0.4 is 5.32 Å². The first kappa shape index (κ1) is 20.9. The predicted octanol–water partition coefficient (Wildman–Crippen LogP) is 5.39. The molecule has 2 amide bonds. The van der Waals surface area contributed by atoms with Gasteiger partial charge in [-0.05, 0) is 55.8 Å². The number of carbonyl (C=O) groups is 2. The number of aryl methyl sites for hydroxylation is 1. The van der Waals surface area contributed by atoms with Crippen molar-refractivity contribution in [2.45, 2.75) is 25.5 Å². The molecule has 0 bridgehead atoms. The molecule has 1 N–H and O–H groups in total. The molecule has 3 rings (SSSR count). The van der Waals surface area contributed by atoms with Crippen molar-refractivity contribution in [3.8, 4) is 0 Å². The molecule has 2 aromatic carbocycles. The second-order valence-corrected chi connectivity index (χ2v) is 8.77. The van der Waals surface area contributed by atoms with Gasteiger partial charge in [0, 0.05) is 28.1 Å². The predicted molar refractivity (Wildman–Crippen MR) is 119 cm³/mol. The van der Waals surface area contributed by atoms with Crippen molar-refractivity contribution in [3.05, 3.63) is 57.5 Å². The Morgan fingerprint density at radius 2 is 2.04 bits per heavy atom. The van der Waals surface area contributed by atoms with Crippen LogP contribution >= 0.6 is 39.3 Å². The summed E-state index contributed by atoms with van der Waals surface area (Å²) in [5.74, 6) is -0.333. The molecule has 5 nitrogen and oxygen atoms in total. The molecule has 1 atom stereocenters. The number of amides is 2. The van der Waals surface area contributed by atoms with Crippen molar-refractivity contribution in [1.82, 2.24) is 4.90 Å². The molecule has 1 aliphatic heterocycles. The summed E-state index contributed by atoms with van der Waals surface area (Å²) in [6.07, 6.45) is 0.133. The Kier molecular flexibility index (Phi) is 6.80. The van der Waals surface area contributed by atoms with Crippen LogP contribution in [0, 0.1) is 6.92 Å². The summed E-state index contributed by atoms with van der Waals surface area (Å²) in [5.41, 5.74) is 2.29. The van der Waals surface area contributed by atoms with Gasteiger partial charge in [-0.3, -0.25) is 14.5 Å². The number of halogens is 2. The second kappa shape index (κ2) is 9.11. The fraction of sp³-hybridized carbons (Fsp3) is 0.250. The van der Waals surface area contributed by atoms with Crippen molar-refractivity contribution in [2.75, 3.05) is 11.9 Å². The fourth-order valence-electron chi connectivity index (χ4n) is 2.67. The highest BCUT2D eigenvalue weighted by molar-refractivity contribution is 9.10. The highest BCUT2D eigenvalue weighted by Gasteiger charge is 2.35. The number of nitrogens with zero attached hydrogens (tertiary/aromatic N) is 2. The lowest BCUT2D eigenvalue weighted by Gasteiger charge is -2.30. The zero-order valence-electron chi connectivity index (χ0n) is 15.4. The topological polar surface area (TPSA) is 61.8 Å². The Balaban J connectivity index is 1.82. The number of hydrogen-bond acceptors (Lipinski definition) is 4. The Bertz CT molecular complexity index is 934. The van der Waals surface area contributed by atoms with Crippen LogP contribution in [0.1, 0.15) is 18.9 Å². The van der Waals surface area contributed by atoms with E-state index < -0.39 is 5.25 Å². The molecule has 1 aliphatic rings. The van der Waals surface area contributed by atoms with Crippen molar-refractivity contribution in [3.63, 3.8) is 0 Å². The smallest absolute Gasteiger partial charge is 0.238 e. The van der Waals surface area contributed by atoms with Crippen LogP contribution in [-0.4, -0.2) is 33.7 Å². The molecule has 2 aromatic rings. The van der Waals surface area contributed by atoms with Gasteiger partial charge in [-0.2, -0.15) is 0 Å². The number of amidine groups is 1. The van der Waals surface area contributed by atoms with Gasteiger partial charge in [-0.15, -0.1) is 0 Å². The van der Waals surface area contributed by atoms with Gasteiger partial charge in [0.2, 0.25) is 11.8 Å². The normalized spacial score (nSPS) is 18.4. The van der Waals surface area contributed by atoms with Crippen molar-refractivity contribution < 1.29 is 9.59 Å². The second-order valence-electron chi connectivity index (χ2n) is 6.27. The summed E-state index contributed by atoms with van der Waals surface area (Å²) >= 11 is 10.8. The monoisotopic (exact) mass is 479 g/mol. The number of anilines is 1. The third kappa shape index (κ3) is 4.96. The standard InChI is InChI=1S/C20H19BrClN3O2S/c1-3-25-18(26)11-17(19(27)23-14-8-5-13(21)6-9-14)28-20(25)24-15-7-4-12(2)16(22)10-15/h4-10,17H,3,11H2,1-2H3,(H,23,27). The van der Waals surface area contributed by atoms with Crippen LogP contribution in [0.4, 0.5) is 11.4 Å². The molecule has 1 heterocycles. The van der Waals surface area contributed by atoms with Gasteiger partial charge < -0.3 is 5.32 Å². The third-order valence-corrected chi connectivity index (χ3v) is 6.36.